The van der Waals surface area contributed by atoms with Crippen molar-refractivity contribution in [3.63, 3.8) is 0 Å². The Balaban J connectivity index is 1.90. The maximum atomic E-state index is 5.82. The van der Waals surface area contributed by atoms with Gasteiger partial charge in [0.15, 0.2) is 0 Å². The summed E-state index contributed by atoms with van der Waals surface area (Å²) in [4.78, 5) is 4.24. The standard InChI is InChI=1S/C13H17N3OS/c1-2-17-13-7-10(3-4-12(13)14)15-6-5-11-8-18-9-16-11/h3-4,7-9,15H,2,5-6,14H2,1H3. The highest BCUT2D eigenvalue weighted by atomic mass is 32.1. The second-order valence-corrected chi connectivity index (χ2v) is 4.56. The fourth-order valence-electron chi connectivity index (χ4n) is 1.62. The number of hydrogen-bond acceptors (Lipinski definition) is 5. The Bertz CT molecular complexity index is 485. The molecule has 5 heteroatoms. The molecule has 0 aliphatic rings. The van der Waals surface area contributed by atoms with Crippen molar-refractivity contribution in [2.45, 2.75) is 13.3 Å². The maximum Gasteiger partial charge on any atom is 0.144 e. The number of aromatic nitrogens is 1. The lowest BCUT2D eigenvalue weighted by Crippen LogP contribution is -2.06. The van der Waals surface area contributed by atoms with Crippen LogP contribution in [0.1, 0.15) is 12.6 Å². The molecule has 18 heavy (non-hydrogen) atoms. The number of nitrogens with two attached hydrogens (primary N) is 1. The molecule has 2 rings (SSSR count). The predicted molar refractivity (Wildman–Crippen MR) is 76.3 cm³/mol. The van der Waals surface area contributed by atoms with E-state index in [0.717, 1.165) is 30.1 Å². The van der Waals surface area contributed by atoms with Crippen LogP contribution in [0.5, 0.6) is 5.75 Å². The molecule has 4 nitrogen and oxygen atoms in total. The lowest BCUT2D eigenvalue weighted by Gasteiger charge is -2.10. The predicted octanol–water partition coefficient (Wildman–Crippen LogP) is 2.78. The van der Waals surface area contributed by atoms with E-state index in [1.165, 1.54) is 0 Å². The van der Waals surface area contributed by atoms with E-state index < -0.39 is 0 Å². The molecule has 0 amide bonds. The third-order valence-corrected chi connectivity index (χ3v) is 3.14. The van der Waals surface area contributed by atoms with Gasteiger partial charge in [0.05, 0.1) is 23.5 Å². The topological polar surface area (TPSA) is 60.2 Å². The van der Waals surface area contributed by atoms with Gasteiger partial charge in [0, 0.05) is 30.1 Å². The highest BCUT2D eigenvalue weighted by molar-refractivity contribution is 7.07. The van der Waals surface area contributed by atoms with Gasteiger partial charge in [-0.3, -0.25) is 0 Å². The van der Waals surface area contributed by atoms with Gasteiger partial charge in [-0.25, -0.2) is 4.98 Å². The van der Waals surface area contributed by atoms with Crippen molar-refractivity contribution in [2.75, 3.05) is 24.2 Å². The van der Waals surface area contributed by atoms with Gasteiger partial charge in [0.2, 0.25) is 0 Å². The van der Waals surface area contributed by atoms with E-state index in [1.54, 1.807) is 11.3 Å². The highest BCUT2D eigenvalue weighted by Crippen LogP contribution is 2.25. The number of rotatable bonds is 6. The molecule has 96 valence electrons. The van der Waals surface area contributed by atoms with E-state index in [0.29, 0.717) is 12.3 Å². The summed E-state index contributed by atoms with van der Waals surface area (Å²) in [5.41, 5.74) is 10.5. The lowest BCUT2D eigenvalue weighted by molar-refractivity contribution is 0.342. The van der Waals surface area contributed by atoms with E-state index >= 15 is 0 Å². The molecule has 0 atom stereocenters. The van der Waals surface area contributed by atoms with Crippen molar-refractivity contribution >= 4 is 22.7 Å². The minimum absolute atomic E-state index is 0.618. The van der Waals surface area contributed by atoms with Crippen LogP contribution in [-0.2, 0) is 6.42 Å². The first-order valence-corrected chi connectivity index (χ1v) is 6.87. The van der Waals surface area contributed by atoms with Gasteiger partial charge in [-0.2, -0.15) is 0 Å². The quantitative estimate of drug-likeness (QED) is 0.787. The fourth-order valence-corrected chi connectivity index (χ4v) is 2.21. The molecule has 0 spiro atoms. The van der Waals surface area contributed by atoms with Crippen molar-refractivity contribution in [3.05, 3.63) is 34.8 Å². The number of nitrogens with one attached hydrogen (secondary N) is 1. The number of nitrogens with zero attached hydrogens (tertiary/aromatic N) is 1. The molecule has 1 aromatic heterocycles. The van der Waals surface area contributed by atoms with Gasteiger partial charge in [-0.1, -0.05) is 0 Å². The first-order valence-electron chi connectivity index (χ1n) is 5.93. The van der Waals surface area contributed by atoms with Crippen LogP contribution >= 0.6 is 11.3 Å². The first-order chi connectivity index (χ1) is 8.79. The van der Waals surface area contributed by atoms with Crippen molar-refractivity contribution in [3.8, 4) is 5.75 Å². The Hall–Kier alpha value is -1.75. The highest BCUT2D eigenvalue weighted by Gasteiger charge is 2.02. The average molecular weight is 263 g/mol. The first kappa shape index (κ1) is 12.7. The minimum atomic E-state index is 0.618. The van der Waals surface area contributed by atoms with Crippen molar-refractivity contribution in [2.24, 2.45) is 0 Å². The number of anilines is 2. The monoisotopic (exact) mass is 263 g/mol. The van der Waals surface area contributed by atoms with Gasteiger partial charge < -0.3 is 15.8 Å². The summed E-state index contributed by atoms with van der Waals surface area (Å²) in [5, 5.41) is 5.40. The molecule has 0 aliphatic carbocycles. The number of nitrogen functional groups attached to an aromatic ring is 1. The summed E-state index contributed by atoms with van der Waals surface area (Å²) in [6.07, 6.45) is 0.915. The molecule has 0 saturated heterocycles. The van der Waals surface area contributed by atoms with Gasteiger partial charge >= 0.3 is 0 Å². The zero-order chi connectivity index (χ0) is 12.8. The lowest BCUT2D eigenvalue weighted by atomic mass is 10.2. The van der Waals surface area contributed by atoms with Gasteiger partial charge in [-0.15, -0.1) is 11.3 Å². The minimum Gasteiger partial charge on any atom is -0.492 e. The molecule has 3 N–H and O–H groups in total. The largest absolute Gasteiger partial charge is 0.492 e. The second kappa shape index (κ2) is 6.26. The van der Waals surface area contributed by atoms with Crippen LogP contribution in [0, 0.1) is 0 Å². The Kier molecular flexibility index (Phi) is 4.41. The smallest absolute Gasteiger partial charge is 0.144 e. The van der Waals surface area contributed by atoms with Crippen molar-refractivity contribution in [1.82, 2.24) is 4.98 Å². The molecule has 1 aromatic carbocycles. The number of thiazole rings is 1. The fraction of sp³-hybridized carbons (Fsp3) is 0.308. The van der Waals surface area contributed by atoms with E-state index in [2.05, 4.69) is 15.7 Å². The summed E-state index contributed by atoms with van der Waals surface area (Å²) in [6, 6.07) is 5.74. The number of hydrogen-bond donors (Lipinski definition) is 2. The Morgan fingerprint density at radius 1 is 1.44 bits per heavy atom. The molecule has 0 radical (unpaired) electrons. The summed E-state index contributed by atoms with van der Waals surface area (Å²) >= 11 is 1.62. The van der Waals surface area contributed by atoms with Crippen molar-refractivity contribution < 1.29 is 4.74 Å². The molecule has 0 saturated carbocycles. The van der Waals surface area contributed by atoms with Crippen LogP contribution in [0.15, 0.2) is 29.1 Å². The van der Waals surface area contributed by atoms with Crippen LogP contribution in [0.3, 0.4) is 0 Å². The zero-order valence-corrected chi connectivity index (χ0v) is 11.2. The third kappa shape index (κ3) is 3.37. The van der Waals surface area contributed by atoms with Crippen molar-refractivity contribution in [1.29, 1.82) is 0 Å². The van der Waals surface area contributed by atoms with Gasteiger partial charge in [0.1, 0.15) is 5.75 Å². The summed E-state index contributed by atoms with van der Waals surface area (Å²) < 4.78 is 5.45. The Morgan fingerprint density at radius 3 is 3.06 bits per heavy atom. The molecule has 1 heterocycles. The molecule has 0 aliphatic heterocycles. The van der Waals surface area contributed by atoms with Gasteiger partial charge in [0.25, 0.3) is 0 Å². The SMILES string of the molecule is CCOc1cc(NCCc2cscn2)ccc1N. The van der Waals surface area contributed by atoms with Crippen LogP contribution in [0.2, 0.25) is 0 Å². The van der Waals surface area contributed by atoms with E-state index in [-0.39, 0.29) is 0 Å². The summed E-state index contributed by atoms with van der Waals surface area (Å²) in [7, 11) is 0. The number of ether oxygens (including phenoxy) is 1. The van der Waals surface area contributed by atoms with E-state index in [4.69, 9.17) is 10.5 Å². The Labute approximate surface area is 111 Å². The van der Waals surface area contributed by atoms with Crippen LogP contribution < -0.4 is 15.8 Å². The molecule has 0 fully saturated rings. The van der Waals surface area contributed by atoms with Crippen LogP contribution in [0.4, 0.5) is 11.4 Å². The molecule has 0 bridgehead atoms. The average Bonchev–Trinajstić information content (AvgIpc) is 2.87. The van der Waals surface area contributed by atoms with E-state index in [9.17, 15) is 0 Å². The maximum absolute atomic E-state index is 5.82. The van der Waals surface area contributed by atoms with Crippen LogP contribution in [-0.4, -0.2) is 18.1 Å². The normalized spacial score (nSPS) is 10.3. The Morgan fingerprint density at radius 2 is 2.33 bits per heavy atom. The molecular weight excluding hydrogens is 246 g/mol. The zero-order valence-electron chi connectivity index (χ0n) is 10.3. The van der Waals surface area contributed by atoms with Gasteiger partial charge in [-0.05, 0) is 19.1 Å². The summed E-state index contributed by atoms with van der Waals surface area (Å²) in [5.74, 6) is 0.733. The van der Waals surface area contributed by atoms with E-state index in [1.807, 2.05) is 30.6 Å². The van der Waals surface area contributed by atoms with Crippen LogP contribution in [0.25, 0.3) is 0 Å². The summed E-state index contributed by atoms with van der Waals surface area (Å²) in [6.45, 7) is 3.41. The second-order valence-electron chi connectivity index (χ2n) is 3.84. The molecule has 2 aromatic rings. The molecular formula is C13H17N3OS. The molecule has 0 unspecified atom stereocenters. The third-order valence-electron chi connectivity index (χ3n) is 2.51. The number of benzene rings is 1.